The number of aromatic nitrogens is 2. The molecule has 0 radical (unpaired) electrons. The summed E-state index contributed by atoms with van der Waals surface area (Å²) in [5.41, 5.74) is 0.404. The Morgan fingerprint density at radius 3 is 2.54 bits per heavy atom. The molecular formula is C17H27N3O4. The molecule has 0 saturated carbocycles. The summed E-state index contributed by atoms with van der Waals surface area (Å²) in [5.74, 6) is -1.14. The molecule has 1 amide bonds. The molecule has 0 bridgehead atoms. The molecule has 0 aromatic carbocycles. The first-order valence-electron chi connectivity index (χ1n) is 8.58. The third kappa shape index (κ3) is 3.61. The fourth-order valence-electron chi connectivity index (χ4n) is 3.17. The lowest BCUT2D eigenvalue weighted by Gasteiger charge is -2.27. The van der Waals surface area contributed by atoms with Crippen molar-refractivity contribution in [2.45, 2.75) is 52.5 Å². The number of nitrogens with one attached hydrogen (secondary N) is 1. The zero-order valence-electron chi connectivity index (χ0n) is 14.7. The molecule has 1 aromatic rings. The first-order chi connectivity index (χ1) is 11.4. The highest BCUT2D eigenvalue weighted by atomic mass is 16.5. The number of amides is 1. The number of rotatable bonds is 7. The van der Waals surface area contributed by atoms with Crippen LogP contribution in [0.15, 0.2) is 6.20 Å². The minimum Gasteiger partial charge on any atom is -0.481 e. The Balaban J connectivity index is 2.07. The Morgan fingerprint density at radius 2 is 2.00 bits per heavy atom. The van der Waals surface area contributed by atoms with E-state index in [2.05, 4.69) is 10.4 Å². The van der Waals surface area contributed by atoms with E-state index in [4.69, 9.17) is 4.74 Å². The second-order valence-corrected chi connectivity index (χ2v) is 6.41. The number of carbonyl (C=O) groups excluding carboxylic acids is 1. The summed E-state index contributed by atoms with van der Waals surface area (Å²) in [6.45, 7) is 7.08. The van der Waals surface area contributed by atoms with Crippen molar-refractivity contribution in [3.8, 4) is 0 Å². The Labute approximate surface area is 142 Å². The number of ether oxygens (including phenoxy) is 1. The molecule has 24 heavy (non-hydrogen) atoms. The van der Waals surface area contributed by atoms with E-state index in [0.717, 1.165) is 18.5 Å². The van der Waals surface area contributed by atoms with Crippen molar-refractivity contribution in [2.75, 3.05) is 19.8 Å². The molecule has 7 nitrogen and oxygen atoms in total. The summed E-state index contributed by atoms with van der Waals surface area (Å²) >= 11 is 0. The van der Waals surface area contributed by atoms with Gasteiger partial charge in [-0.3, -0.25) is 14.3 Å². The van der Waals surface area contributed by atoms with Gasteiger partial charge in [-0.1, -0.05) is 13.8 Å². The van der Waals surface area contributed by atoms with Crippen LogP contribution in [0.1, 0.15) is 61.6 Å². The van der Waals surface area contributed by atoms with Crippen molar-refractivity contribution >= 4 is 11.9 Å². The van der Waals surface area contributed by atoms with Crippen LogP contribution < -0.4 is 5.32 Å². The molecule has 2 N–H and O–H groups in total. The third-order valence-corrected chi connectivity index (χ3v) is 5.22. The number of carboxylic acids is 1. The van der Waals surface area contributed by atoms with Crippen LogP contribution in [0.3, 0.4) is 0 Å². The molecule has 2 rings (SSSR count). The van der Waals surface area contributed by atoms with Gasteiger partial charge in [0, 0.05) is 25.5 Å². The molecular weight excluding hydrogens is 310 g/mol. The van der Waals surface area contributed by atoms with Crippen molar-refractivity contribution in [3.05, 3.63) is 17.5 Å². The summed E-state index contributed by atoms with van der Waals surface area (Å²) in [7, 11) is 0. The minimum absolute atomic E-state index is 0.121. The van der Waals surface area contributed by atoms with Gasteiger partial charge < -0.3 is 15.2 Å². The van der Waals surface area contributed by atoms with E-state index in [9.17, 15) is 14.7 Å². The molecule has 2 heterocycles. The smallest absolute Gasteiger partial charge is 0.311 e. The summed E-state index contributed by atoms with van der Waals surface area (Å²) in [6, 6.07) is 0.254. The van der Waals surface area contributed by atoms with Gasteiger partial charge in [-0.25, -0.2) is 0 Å². The number of nitrogens with zero attached hydrogens (tertiary/aromatic N) is 2. The highest BCUT2D eigenvalue weighted by Crippen LogP contribution is 2.26. The van der Waals surface area contributed by atoms with Gasteiger partial charge in [0.15, 0.2) is 0 Å². The van der Waals surface area contributed by atoms with E-state index < -0.39 is 11.4 Å². The number of carbonyl (C=O) groups is 2. The lowest BCUT2D eigenvalue weighted by Crippen LogP contribution is -2.42. The second-order valence-electron chi connectivity index (χ2n) is 6.41. The van der Waals surface area contributed by atoms with E-state index >= 15 is 0 Å². The standard InChI is InChI=1S/C17H27N3O4/c1-4-17(5-2,16(22)23)11-18-15(21)14-10-19-20(12(14)3)13-6-8-24-9-7-13/h10,13H,4-9,11H2,1-3H3,(H,18,21)(H,22,23). The lowest BCUT2D eigenvalue weighted by atomic mass is 9.82. The predicted octanol–water partition coefficient (Wildman–Crippen LogP) is 2.16. The summed E-state index contributed by atoms with van der Waals surface area (Å²) in [4.78, 5) is 24.0. The molecule has 7 heteroatoms. The first kappa shape index (κ1) is 18.4. The van der Waals surface area contributed by atoms with Crippen molar-refractivity contribution in [1.29, 1.82) is 0 Å². The average molecular weight is 337 g/mol. The van der Waals surface area contributed by atoms with Gasteiger partial charge in [-0.2, -0.15) is 5.10 Å². The van der Waals surface area contributed by atoms with Crippen LogP contribution in [0.5, 0.6) is 0 Å². The average Bonchev–Trinajstić information content (AvgIpc) is 2.98. The van der Waals surface area contributed by atoms with Gasteiger partial charge in [0.05, 0.1) is 23.2 Å². The Bertz CT molecular complexity index is 587. The fourth-order valence-corrected chi connectivity index (χ4v) is 3.17. The van der Waals surface area contributed by atoms with Crippen molar-refractivity contribution in [1.82, 2.24) is 15.1 Å². The second kappa shape index (κ2) is 7.79. The monoisotopic (exact) mass is 337 g/mol. The Morgan fingerprint density at radius 1 is 1.38 bits per heavy atom. The van der Waals surface area contributed by atoms with Crippen molar-refractivity contribution < 1.29 is 19.4 Å². The van der Waals surface area contributed by atoms with E-state index in [-0.39, 0.29) is 18.5 Å². The zero-order valence-corrected chi connectivity index (χ0v) is 14.7. The van der Waals surface area contributed by atoms with Gasteiger partial charge >= 0.3 is 5.97 Å². The highest BCUT2D eigenvalue weighted by Gasteiger charge is 2.35. The molecule has 1 saturated heterocycles. The van der Waals surface area contributed by atoms with Crippen LogP contribution in [0, 0.1) is 12.3 Å². The predicted molar refractivity (Wildman–Crippen MR) is 89.0 cm³/mol. The minimum atomic E-state index is -0.916. The van der Waals surface area contributed by atoms with Gasteiger partial charge in [-0.15, -0.1) is 0 Å². The molecule has 0 unspecified atom stereocenters. The Kier molecular flexibility index (Phi) is 5.99. The number of hydrogen-bond acceptors (Lipinski definition) is 4. The molecule has 0 atom stereocenters. The maximum absolute atomic E-state index is 12.5. The largest absolute Gasteiger partial charge is 0.481 e. The van der Waals surface area contributed by atoms with Crippen LogP contribution >= 0.6 is 0 Å². The van der Waals surface area contributed by atoms with Gasteiger partial charge in [0.2, 0.25) is 0 Å². The molecule has 134 valence electrons. The quantitative estimate of drug-likeness (QED) is 0.795. The lowest BCUT2D eigenvalue weighted by molar-refractivity contribution is -0.149. The van der Waals surface area contributed by atoms with Gasteiger partial charge in [-0.05, 0) is 32.6 Å². The first-order valence-corrected chi connectivity index (χ1v) is 8.58. The molecule has 0 spiro atoms. The van der Waals surface area contributed by atoms with Crippen molar-refractivity contribution in [2.24, 2.45) is 5.41 Å². The normalized spacial score (nSPS) is 16.1. The molecule has 1 aliphatic heterocycles. The van der Waals surface area contributed by atoms with Crippen LogP contribution in [-0.2, 0) is 9.53 Å². The summed E-state index contributed by atoms with van der Waals surface area (Å²) in [6.07, 6.45) is 4.29. The van der Waals surface area contributed by atoms with Crippen LogP contribution in [0.4, 0.5) is 0 Å². The molecule has 1 aromatic heterocycles. The third-order valence-electron chi connectivity index (χ3n) is 5.22. The zero-order chi connectivity index (χ0) is 17.7. The van der Waals surface area contributed by atoms with E-state index in [1.165, 1.54) is 0 Å². The van der Waals surface area contributed by atoms with Gasteiger partial charge in [0.1, 0.15) is 0 Å². The maximum Gasteiger partial charge on any atom is 0.311 e. The highest BCUT2D eigenvalue weighted by molar-refractivity contribution is 5.95. The van der Waals surface area contributed by atoms with Crippen LogP contribution in [-0.4, -0.2) is 46.5 Å². The summed E-state index contributed by atoms with van der Waals surface area (Å²) in [5, 5.41) is 16.6. The number of aliphatic carboxylic acids is 1. The number of carboxylic acid groups (broad SMARTS) is 1. The van der Waals surface area contributed by atoms with E-state index in [0.29, 0.717) is 31.6 Å². The topological polar surface area (TPSA) is 93.5 Å². The fraction of sp³-hybridized carbons (Fsp3) is 0.706. The molecule has 0 aliphatic carbocycles. The Hall–Kier alpha value is -1.89. The number of hydrogen-bond donors (Lipinski definition) is 2. The molecule has 1 aliphatic rings. The molecule has 1 fully saturated rings. The van der Waals surface area contributed by atoms with E-state index in [1.807, 2.05) is 25.5 Å². The van der Waals surface area contributed by atoms with E-state index in [1.54, 1.807) is 6.20 Å². The summed E-state index contributed by atoms with van der Waals surface area (Å²) < 4.78 is 7.25. The van der Waals surface area contributed by atoms with Gasteiger partial charge in [0.25, 0.3) is 5.91 Å². The van der Waals surface area contributed by atoms with Crippen LogP contribution in [0.25, 0.3) is 0 Å². The maximum atomic E-state index is 12.5. The van der Waals surface area contributed by atoms with Crippen LogP contribution in [0.2, 0.25) is 0 Å². The van der Waals surface area contributed by atoms with Crippen molar-refractivity contribution in [3.63, 3.8) is 0 Å². The SMILES string of the molecule is CCC(CC)(CNC(=O)c1cnn(C2CCOCC2)c1C)C(=O)O.